The molecule has 0 aliphatic carbocycles. The van der Waals surface area contributed by atoms with Crippen molar-refractivity contribution in [3.8, 4) is 6.07 Å². The first-order valence-corrected chi connectivity index (χ1v) is 4.43. The highest BCUT2D eigenvalue weighted by Crippen LogP contribution is 2.11. The van der Waals surface area contributed by atoms with Gasteiger partial charge in [-0.2, -0.15) is 5.26 Å². The standard InChI is InChI=1S/C12H13N/c1-2-3-6-11-7-4-5-8-12(11)9-10-13/h2,4-5,7-8H,1,3,6,9H2. The average molecular weight is 171 g/mol. The van der Waals surface area contributed by atoms with Crippen molar-refractivity contribution in [2.45, 2.75) is 19.3 Å². The Morgan fingerprint density at radius 2 is 2.00 bits per heavy atom. The maximum absolute atomic E-state index is 8.60. The molecule has 1 heteroatoms. The number of benzene rings is 1. The number of rotatable bonds is 4. The maximum Gasteiger partial charge on any atom is 0.0669 e. The monoisotopic (exact) mass is 171 g/mol. The topological polar surface area (TPSA) is 23.8 Å². The van der Waals surface area contributed by atoms with E-state index in [1.165, 1.54) is 5.56 Å². The molecule has 1 nitrogen and oxygen atoms in total. The quantitative estimate of drug-likeness (QED) is 0.639. The fourth-order valence-corrected chi connectivity index (χ4v) is 1.32. The van der Waals surface area contributed by atoms with Crippen LogP contribution in [0.3, 0.4) is 0 Å². The SMILES string of the molecule is C=CCCc1ccccc1CC#N. The van der Waals surface area contributed by atoms with Crippen molar-refractivity contribution in [1.82, 2.24) is 0 Å². The molecule has 0 saturated carbocycles. The van der Waals surface area contributed by atoms with Gasteiger partial charge in [0.05, 0.1) is 12.5 Å². The highest BCUT2D eigenvalue weighted by atomic mass is 14.2. The molecule has 1 aromatic rings. The van der Waals surface area contributed by atoms with Gasteiger partial charge in [0.2, 0.25) is 0 Å². The molecule has 0 fully saturated rings. The second kappa shape index (κ2) is 5.16. The summed E-state index contributed by atoms with van der Waals surface area (Å²) in [5, 5.41) is 8.60. The van der Waals surface area contributed by atoms with Crippen molar-refractivity contribution in [2.24, 2.45) is 0 Å². The van der Waals surface area contributed by atoms with Crippen LogP contribution in [0.1, 0.15) is 17.5 Å². The largest absolute Gasteiger partial charge is 0.198 e. The zero-order valence-corrected chi connectivity index (χ0v) is 7.66. The molecule has 0 aliphatic heterocycles. The van der Waals surface area contributed by atoms with Crippen molar-refractivity contribution in [1.29, 1.82) is 5.26 Å². The van der Waals surface area contributed by atoms with Gasteiger partial charge in [0.1, 0.15) is 0 Å². The van der Waals surface area contributed by atoms with Gasteiger partial charge < -0.3 is 0 Å². The fraction of sp³-hybridized carbons (Fsp3) is 0.250. The normalized spacial score (nSPS) is 9.15. The Morgan fingerprint density at radius 3 is 2.62 bits per heavy atom. The Labute approximate surface area is 79.3 Å². The number of hydrogen-bond donors (Lipinski definition) is 0. The summed E-state index contributed by atoms with van der Waals surface area (Å²) < 4.78 is 0. The summed E-state index contributed by atoms with van der Waals surface area (Å²) in [7, 11) is 0. The summed E-state index contributed by atoms with van der Waals surface area (Å²) in [4.78, 5) is 0. The van der Waals surface area contributed by atoms with Crippen LogP contribution in [0, 0.1) is 11.3 Å². The van der Waals surface area contributed by atoms with Gasteiger partial charge in [0, 0.05) is 0 Å². The molecule has 0 amide bonds. The molecule has 0 aliphatic rings. The Hall–Kier alpha value is -1.55. The highest BCUT2D eigenvalue weighted by Gasteiger charge is 1.98. The maximum atomic E-state index is 8.60. The first kappa shape index (κ1) is 9.54. The molecular weight excluding hydrogens is 158 g/mol. The second-order valence-corrected chi connectivity index (χ2v) is 2.93. The van der Waals surface area contributed by atoms with Crippen molar-refractivity contribution in [3.05, 3.63) is 48.0 Å². The van der Waals surface area contributed by atoms with E-state index in [1.54, 1.807) is 0 Å². The molecule has 66 valence electrons. The summed E-state index contributed by atoms with van der Waals surface area (Å²) in [6, 6.07) is 10.3. The molecule has 0 unspecified atom stereocenters. The third-order valence-corrected chi connectivity index (χ3v) is 2.01. The van der Waals surface area contributed by atoms with Crippen LogP contribution in [0.2, 0.25) is 0 Å². The average Bonchev–Trinajstić information content (AvgIpc) is 2.17. The lowest BCUT2D eigenvalue weighted by atomic mass is 10.0. The van der Waals surface area contributed by atoms with E-state index in [0.29, 0.717) is 6.42 Å². The van der Waals surface area contributed by atoms with E-state index in [1.807, 2.05) is 24.3 Å². The van der Waals surface area contributed by atoms with Crippen LogP contribution in [-0.4, -0.2) is 0 Å². The van der Waals surface area contributed by atoms with E-state index in [0.717, 1.165) is 18.4 Å². The van der Waals surface area contributed by atoms with Gasteiger partial charge in [-0.25, -0.2) is 0 Å². The Morgan fingerprint density at radius 1 is 1.31 bits per heavy atom. The van der Waals surface area contributed by atoms with Crippen LogP contribution in [0.15, 0.2) is 36.9 Å². The zero-order chi connectivity index (χ0) is 9.52. The summed E-state index contributed by atoms with van der Waals surface area (Å²) in [5.74, 6) is 0. The lowest BCUT2D eigenvalue weighted by Crippen LogP contribution is -1.91. The van der Waals surface area contributed by atoms with Crippen molar-refractivity contribution < 1.29 is 0 Å². The van der Waals surface area contributed by atoms with Crippen LogP contribution in [0.5, 0.6) is 0 Å². The predicted octanol–water partition coefficient (Wildman–Crippen LogP) is 2.87. The van der Waals surface area contributed by atoms with Gasteiger partial charge in [-0.15, -0.1) is 6.58 Å². The first-order valence-electron chi connectivity index (χ1n) is 4.43. The van der Waals surface area contributed by atoms with Crippen LogP contribution in [0.25, 0.3) is 0 Å². The lowest BCUT2D eigenvalue weighted by Gasteiger charge is -2.03. The molecule has 0 aromatic heterocycles. The molecule has 0 spiro atoms. The van der Waals surface area contributed by atoms with Crippen molar-refractivity contribution >= 4 is 0 Å². The van der Waals surface area contributed by atoms with Gasteiger partial charge in [0.25, 0.3) is 0 Å². The van der Waals surface area contributed by atoms with E-state index in [4.69, 9.17) is 5.26 Å². The molecule has 0 saturated heterocycles. The zero-order valence-electron chi connectivity index (χ0n) is 7.66. The lowest BCUT2D eigenvalue weighted by molar-refractivity contribution is 0.979. The predicted molar refractivity (Wildman–Crippen MR) is 54.3 cm³/mol. The third-order valence-electron chi connectivity index (χ3n) is 2.01. The van der Waals surface area contributed by atoms with E-state index >= 15 is 0 Å². The van der Waals surface area contributed by atoms with Crippen LogP contribution in [-0.2, 0) is 12.8 Å². The minimum atomic E-state index is 0.507. The molecule has 1 aromatic carbocycles. The summed E-state index contributed by atoms with van der Waals surface area (Å²) in [6.07, 6.45) is 4.38. The van der Waals surface area contributed by atoms with Gasteiger partial charge in [-0.3, -0.25) is 0 Å². The summed E-state index contributed by atoms with van der Waals surface area (Å²) in [5.41, 5.74) is 2.41. The van der Waals surface area contributed by atoms with E-state index in [9.17, 15) is 0 Å². The smallest absolute Gasteiger partial charge is 0.0669 e. The highest BCUT2D eigenvalue weighted by molar-refractivity contribution is 5.29. The molecular formula is C12H13N. The van der Waals surface area contributed by atoms with E-state index < -0.39 is 0 Å². The van der Waals surface area contributed by atoms with Crippen molar-refractivity contribution in [3.63, 3.8) is 0 Å². The Kier molecular flexibility index (Phi) is 3.78. The Bertz CT molecular complexity index is 320. The molecule has 0 heterocycles. The fourth-order valence-electron chi connectivity index (χ4n) is 1.32. The van der Waals surface area contributed by atoms with Crippen LogP contribution in [0.4, 0.5) is 0 Å². The summed E-state index contributed by atoms with van der Waals surface area (Å²) in [6.45, 7) is 3.69. The minimum Gasteiger partial charge on any atom is -0.198 e. The third kappa shape index (κ3) is 2.76. The molecule has 1 rings (SSSR count). The molecule has 0 N–H and O–H groups in total. The molecule has 0 atom stereocenters. The Balaban J connectivity index is 2.79. The second-order valence-electron chi connectivity index (χ2n) is 2.93. The number of nitriles is 1. The molecule has 0 radical (unpaired) electrons. The molecule has 0 bridgehead atoms. The number of hydrogen-bond acceptors (Lipinski definition) is 1. The molecule has 13 heavy (non-hydrogen) atoms. The number of allylic oxidation sites excluding steroid dienone is 1. The summed E-state index contributed by atoms with van der Waals surface area (Å²) >= 11 is 0. The number of aryl methyl sites for hydroxylation is 1. The van der Waals surface area contributed by atoms with E-state index in [2.05, 4.69) is 18.7 Å². The first-order chi connectivity index (χ1) is 6.38. The van der Waals surface area contributed by atoms with Crippen molar-refractivity contribution in [2.75, 3.05) is 0 Å². The van der Waals surface area contributed by atoms with E-state index in [-0.39, 0.29) is 0 Å². The van der Waals surface area contributed by atoms with Gasteiger partial charge in [-0.1, -0.05) is 30.3 Å². The van der Waals surface area contributed by atoms with Gasteiger partial charge >= 0.3 is 0 Å². The number of nitrogens with zero attached hydrogens (tertiary/aromatic N) is 1. The van der Waals surface area contributed by atoms with Crippen LogP contribution < -0.4 is 0 Å². The minimum absolute atomic E-state index is 0.507. The van der Waals surface area contributed by atoms with Crippen LogP contribution >= 0.6 is 0 Å². The van der Waals surface area contributed by atoms with Gasteiger partial charge in [0.15, 0.2) is 0 Å². The van der Waals surface area contributed by atoms with Gasteiger partial charge in [-0.05, 0) is 24.0 Å².